The number of aliphatic imine (C=N–C) groups is 2. The second-order valence-corrected chi connectivity index (χ2v) is 11.7. The number of aromatic nitrogens is 1. The van der Waals surface area contributed by atoms with Gasteiger partial charge in [-0.3, -0.25) is 4.79 Å². The van der Waals surface area contributed by atoms with E-state index >= 15 is 0 Å². The van der Waals surface area contributed by atoms with Gasteiger partial charge in [-0.15, -0.1) is 0 Å². The number of alkyl halides is 1. The number of likely N-dealkylation sites (N-methyl/N-ethyl adjacent to an activating group) is 2. The highest BCUT2D eigenvalue weighted by Crippen LogP contribution is 2.68. The van der Waals surface area contributed by atoms with Crippen LogP contribution in [0.25, 0.3) is 16.6 Å². The van der Waals surface area contributed by atoms with Crippen molar-refractivity contribution in [1.82, 2.24) is 9.47 Å². The van der Waals surface area contributed by atoms with Crippen molar-refractivity contribution >= 4 is 52.2 Å². The summed E-state index contributed by atoms with van der Waals surface area (Å²) in [5.41, 5.74) is 3.45. The minimum atomic E-state index is -1.00. The van der Waals surface area contributed by atoms with Crippen molar-refractivity contribution in [2.75, 3.05) is 56.9 Å². The summed E-state index contributed by atoms with van der Waals surface area (Å²) in [5.74, 6) is 0.470. The third-order valence-electron chi connectivity index (χ3n) is 8.39. The number of para-hydroxylation sites is 1. The first-order valence-electron chi connectivity index (χ1n) is 14.4. The lowest BCUT2D eigenvalue weighted by Gasteiger charge is -2.66. The van der Waals surface area contributed by atoms with Gasteiger partial charge < -0.3 is 29.7 Å². The number of ether oxygens (including phenoxy) is 1. The maximum Gasteiger partial charge on any atom is 0.247 e. The fraction of sp³-hybridized carbons (Fsp3) is 0.364. The quantitative estimate of drug-likeness (QED) is 0.166. The molecule has 3 aliphatic rings. The summed E-state index contributed by atoms with van der Waals surface area (Å²) >= 11 is 0. The van der Waals surface area contributed by atoms with Gasteiger partial charge in [0.25, 0.3) is 0 Å². The van der Waals surface area contributed by atoms with Crippen molar-refractivity contribution in [3.63, 3.8) is 0 Å². The Labute approximate surface area is 252 Å². The molecule has 0 saturated heterocycles. The number of methoxy groups -OCH3 is 1. The van der Waals surface area contributed by atoms with Crippen LogP contribution in [0.2, 0.25) is 0 Å². The maximum absolute atomic E-state index is 14.5. The first kappa shape index (κ1) is 30.0. The van der Waals surface area contributed by atoms with Gasteiger partial charge in [-0.05, 0) is 45.9 Å². The Morgan fingerprint density at radius 1 is 1.14 bits per heavy atom. The molecule has 3 aromatic rings. The topological polar surface area (TPSA) is 86.5 Å². The van der Waals surface area contributed by atoms with Crippen LogP contribution in [0.5, 0.6) is 5.75 Å². The molecule has 0 spiro atoms. The number of amides is 1. The molecule has 2 N–H and O–H groups in total. The minimum absolute atomic E-state index is 0.159. The molecule has 2 aromatic carbocycles. The zero-order chi connectivity index (χ0) is 30.9. The summed E-state index contributed by atoms with van der Waals surface area (Å²) in [5, 5.41) is 7.19. The number of guanidine groups is 1. The number of allylic oxidation sites excluding steroid dienone is 1. The van der Waals surface area contributed by atoms with Gasteiger partial charge in [0.05, 0.1) is 35.4 Å². The van der Waals surface area contributed by atoms with E-state index in [9.17, 15) is 9.18 Å². The van der Waals surface area contributed by atoms with Crippen molar-refractivity contribution in [2.24, 2.45) is 9.98 Å². The lowest BCUT2D eigenvalue weighted by atomic mass is 9.47. The summed E-state index contributed by atoms with van der Waals surface area (Å²) in [6, 6.07) is 11.8. The molecule has 0 aliphatic heterocycles. The highest BCUT2D eigenvalue weighted by molar-refractivity contribution is 6.05. The Hall–Kier alpha value is -4.44. The van der Waals surface area contributed by atoms with Gasteiger partial charge in [0.15, 0.2) is 0 Å². The number of nitrogens with one attached hydrogen (secondary N) is 2. The van der Waals surface area contributed by atoms with Crippen LogP contribution in [-0.2, 0) is 10.3 Å². The summed E-state index contributed by atoms with van der Waals surface area (Å²) in [7, 11) is 7.57. The van der Waals surface area contributed by atoms with Crippen LogP contribution in [0.15, 0.2) is 71.3 Å². The molecule has 1 amide bonds. The van der Waals surface area contributed by atoms with Crippen molar-refractivity contribution in [1.29, 1.82) is 0 Å². The fourth-order valence-electron chi connectivity index (χ4n) is 6.17. The number of rotatable bonds is 11. The maximum atomic E-state index is 14.5. The van der Waals surface area contributed by atoms with E-state index in [0.29, 0.717) is 42.1 Å². The number of anilines is 3. The molecule has 0 radical (unpaired) electrons. The Morgan fingerprint density at radius 3 is 2.47 bits per heavy atom. The van der Waals surface area contributed by atoms with E-state index in [-0.39, 0.29) is 17.4 Å². The molecular formula is C33H40FN7O2. The standard InChI is InChI=1S/C33H40FN7O2/c1-8-24(23-18-41(27-13-11-10-12-22(23)27)33-19-32(34,20-33)21-33)37-31(35-3)38-26-16-25(36-30(42)9-2)28(17-29(26)43-7)40(6)15-14-39(4)5/h8-13,16-18H,2-3,14-15,19-21H2,1,4-7H3,(H,36,42)(H,37,38)/b24-8-. The van der Waals surface area contributed by atoms with E-state index in [0.717, 1.165) is 35.2 Å². The molecule has 1 heterocycles. The van der Waals surface area contributed by atoms with E-state index in [1.165, 1.54) is 6.08 Å². The predicted octanol–water partition coefficient (Wildman–Crippen LogP) is 5.90. The third-order valence-corrected chi connectivity index (χ3v) is 8.39. The first-order valence-corrected chi connectivity index (χ1v) is 14.4. The molecule has 1 aromatic heterocycles. The number of halogens is 1. The molecule has 3 fully saturated rings. The highest BCUT2D eigenvalue weighted by atomic mass is 19.1. The molecule has 10 heteroatoms. The number of fused-ring (bicyclic) bond motifs is 1. The lowest BCUT2D eigenvalue weighted by Crippen LogP contribution is -2.69. The molecule has 3 saturated carbocycles. The van der Waals surface area contributed by atoms with E-state index in [1.807, 2.05) is 52.3 Å². The number of carbonyl (C=O) groups excluding carboxylic acids is 1. The molecule has 43 heavy (non-hydrogen) atoms. The van der Waals surface area contributed by atoms with Gasteiger partial charge in [-0.2, -0.15) is 0 Å². The van der Waals surface area contributed by atoms with E-state index in [1.54, 1.807) is 13.2 Å². The predicted molar refractivity (Wildman–Crippen MR) is 176 cm³/mol. The van der Waals surface area contributed by atoms with Crippen LogP contribution >= 0.6 is 0 Å². The van der Waals surface area contributed by atoms with Gasteiger partial charge >= 0.3 is 0 Å². The Kier molecular flexibility index (Phi) is 8.16. The molecule has 2 bridgehead atoms. The van der Waals surface area contributed by atoms with Crippen LogP contribution in [0, 0.1) is 0 Å². The average molecular weight is 586 g/mol. The number of hydrogen-bond donors (Lipinski definition) is 2. The average Bonchev–Trinajstić information content (AvgIpc) is 3.35. The van der Waals surface area contributed by atoms with Gasteiger partial charge in [0.2, 0.25) is 11.9 Å². The second kappa shape index (κ2) is 11.7. The van der Waals surface area contributed by atoms with Gasteiger partial charge in [0, 0.05) is 68.1 Å². The molecular weight excluding hydrogens is 545 g/mol. The highest BCUT2D eigenvalue weighted by Gasteiger charge is 2.70. The van der Waals surface area contributed by atoms with Gasteiger partial charge in [-0.1, -0.05) is 30.9 Å². The van der Waals surface area contributed by atoms with Crippen LogP contribution in [0.4, 0.5) is 21.5 Å². The lowest BCUT2D eigenvalue weighted by molar-refractivity contribution is -0.196. The number of nitrogens with zero attached hydrogens (tertiary/aromatic N) is 5. The number of hydrogen-bond acceptors (Lipinski definition) is 5. The zero-order valence-corrected chi connectivity index (χ0v) is 25.6. The van der Waals surface area contributed by atoms with Crippen molar-refractivity contribution < 1.29 is 13.9 Å². The normalized spacial score (nSPS) is 21.2. The minimum Gasteiger partial charge on any atom is -0.494 e. The van der Waals surface area contributed by atoms with Crippen LogP contribution < -0.4 is 20.3 Å². The van der Waals surface area contributed by atoms with Gasteiger partial charge in [0.1, 0.15) is 11.4 Å². The zero-order valence-electron chi connectivity index (χ0n) is 25.6. The van der Waals surface area contributed by atoms with Crippen LogP contribution in [0.3, 0.4) is 0 Å². The van der Waals surface area contributed by atoms with E-state index < -0.39 is 5.67 Å². The monoisotopic (exact) mass is 585 g/mol. The van der Waals surface area contributed by atoms with Crippen molar-refractivity contribution in [2.45, 2.75) is 37.4 Å². The van der Waals surface area contributed by atoms with Crippen molar-refractivity contribution in [3.8, 4) is 5.75 Å². The first-order chi connectivity index (χ1) is 20.5. The molecule has 0 atom stereocenters. The molecule has 0 unspecified atom stereocenters. The van der Waals surface area contributed by atoms with Crippen LogP contribution in [0.1, 0.15) is 31.7 Å². The molecule has 9 nitrogen and oxygen atoms in total. The molecule has 226 valence electrons. The summed E-state index contributed by atoms with van der Waals surface area (Å²) < 4.78 is 22.4. The Bertz CT molecular complexity index is 1620. The second-order valence-electron chi connectivity index (χ2n) is 11.7. The molecule has 6 rings (SSSR count). The Balaban J connectivity index is 1.50. The van der Waals surface area contributed by atoms with E-state index in [2.05, 4.69) is 61.6 Å². The summed E-state index contributed by atoms with van der Waals surface area (Å²) in [6.45, 7) is 10.8. The largest absolute Gasteiger partial charge is 0.494 e. The van der Waals surface area contributed by atoms with Crippen molar-refractivity contribution in [3.05, 3.63) is 66.9 Å². The fourth-order valence-corrected chi connectivity index (χ4v) is 6.17. The van der Waals surface area contributed by atoms with Gasteiger partial charge in [-0.25, -0.2) is 14.4 Å². The summed E-state index contributed by atoms with van der Waals surface area (Å²) in [6.07, 6.45) is 6.90. The van der Waals surface area contributed by atoms with E-state index in [4.69, 9.17) is 9.73 Å². The third kappa shape index (κ3) is 5.67. The Morgan fingerprint density at radius 2 is 1.86 bits per heavy atom. The summed E-state index contributed by atoms with van der Waals surface area (Å²) in [4.78, 5) is 25.5. The smallest absolute Gasteiger partial charge is 0.247 e. The number of benzene rings is 2. The SMILES string of the molecule is C=CC(=O)Nc1cc(NC(N=C)=N/C(=C\C)c2cn(C34CC(F)(C3)C4)c3ccccc23)c(OC)cc1N(C)CCN(C)C. The molecule has 3 aliphatic carbocycles. The van der Waals surface area contributed by atoms with Crippen LogP contribution in [-0.4, -0.2) is 75.1 Å². The number of carbonyl (C=O) groups is 1.